The summed E-state index contributed by atoms with van der Waals surface area (Å²) in [6.45, 7) is 1.44. The molecule has 22 heavy (non-hydrogen) atoms. The zero-order valence-corrected chi connectivity index (χ0v) is 12.3. The molecule has 1 saturated heterocycles. The van der Waals surface area contributed by atoms with Crippen LogP contribution in [0, 0.1) is 5.92 Å². The Balaban J connectivity index is 1.88. The summed E-state index contributed by atoms with van der Waals surface area (Å²) in [6.07, 6.45) is -0.781. The highest BCUT2D eigenvalue weighted by atomic mass is 19.4. The summed E-state index contributed by atoms with van der Waals surface area (Å²) in [7, 11) is 0. The number of rotatable bonds is 5. The maximum atomic E-state index is 12.7. The Labute approximate surface area is 127 Å². The van der Waals surface area contributed by atoms with Crippen LogP contribution in [0.25, 0.3) is 0 Å². The van der Waals surface area contributed by atoms with Crippen molar-refractivity contribution in [1.29, 1.82) is 0 Å². The lowest BCUT2D eigenvalue weighted by Crippen LogP contribution is -2.33. The molecule has 2 rings (SSSR count). The van der Waals surface area contributed by atoms with E-state index in [1.165, 1.54) is 12.1 Å². The van der Waals surface area contributed by atoms with E-state index in [-0.39, 0.29) is 6.42 Å². The Morgan fingerprint density at radius 1 is 1.27 bits per heavy atom. The molecule has 0 aromatic heterocycles. The van der Waals surface area contributed by atoms with E-state index in [0.717, 1.165) is 38.4 Å². The Morgan fingerprint density at radius 3 is 2.55 bits per heavy atom. The van der Waals surface area contributed by atoms with Crippen LogP contribution in [-0.4, -0.2) is 24.2 Å². The van der Waals surface area contributed by atoms with Crippen LogP contribution in [0.15, 0.2) is 24.3 Å². The zero-order chi connectivity index (χ0) is 16.2. The number of halogens is 3. The SMILES string of the molecule is O=C(O)CCCC1CCN(c2cccc(C(F)(F)F)c2)CC1. The second-order valence-electron chi connectivity index (χ2n) is 5.76. The van der Waals surface area contributed by atoms with Gasteiger partial charge in [-0.25, -0.2) is 0 Å². The van der Waals surface area contributed by atoms with Gasteiger partial charge in [-0.3, -0.25) is 4.79 Å². The van der Waals surface area contributed by atoms with Gasteiger partial charge in [-0.2, -0.15) is 13.2 Å². The van der Waals surface area contributed by atoms with Crippen molar-refractivity contribution in [2.45, 2.75) is 38.3 Å². The lowest BCUT2D eigenvalue weighted by molar-refractivity contribution is -0.138. The van der Waals surface area contributed by atoms with Gasteiger partial charge in [0.05, 0.1) is 5.56 Å². The first-order valence-corrected chi connectivity index (χ1v) is 7.50. The van der Waals surface area contributed by atoms with Crippen molar-refractivity contribution in [3.63, 3.8) is 0 Å². The molecule has 1 heterocycles. The van der Waals surface area contributed by atoms with Crippen LogP contribution >= 0.6 is 0 Å². The van der Waals surface area contributed by atoms with E-state index in [4.69, 9.17) is 5.11 Å². The maximum Gasteiger partial charge on any atom is 0.416 e. The highest BCUT2D eigenvalue weighted by molar-refractivity contribution is 5.66. The lowest BCUT2D eigenvalue weighted by Gasteiger charge is -2.34. The van der Waals surface area contributed by atoms with Crippen molar-refractivity contribution >= 4 is 11.7 Å². The van der Waals surface area contributed by atoms with E-state index in [1.807, 2.05) is 4.90 Å². The van der Waals surface area contributed by atoms with Gasteiger partial charge < -0.3 is 10.0 Å². The third-order valence-electron chi connectivity index (χ3n) is 4.16. The minimum absolute atomic E-state index is 0.188. The van der Waals surface area contributed by atoms with Crippen LogP contribution in [-0.2, 0) is 11.0 Å². The molecule has 0 amide bonds. The molecule has 1 aliphatic heterocycles. The predicted molar refractivity (Wildman–Crippen MR) is 77.9 cm³/mol. The largest absolute Gasteiger partial charge is 0.481 e. The number of hydrogen-bond acceptors (Lipinski definition) is 2. The minimum Gasteiger partial charge on any atom is -0.481 e. The van der Waals surface area contributed by atoms with E-state index in [1.54, 1.807) is 6.07 Å². The number of carboxylic acid groups (broad SMARTS) is 1. The summed E-state index contributed by atoms with van der Waals surface area (Å²) >= 11 is 0. The zero-order valence-electron chi connectivity index (χ0n) is 12.3. The van der Waals surface area contributed by atoms with Crippen molar-refractivity contribution < 1.29 is 23.1 Å². The molecule has 0 atom stereocenters. The molecule has 1 aromatic rings. The Morgan fingerprint density at radius 2 is 1.95 bits per heavy atom. The molecule has 3 nitrogen and oxygen atoms in total. The average Bonchev–Trinajstić information content (AvgIpc) is 2.47. The van der Waals surface area contributed by atoms with E-state index in [0.29, 0.717) is 18.0 Å². The fourth-order valence-corrected chi connectivity index (χ4v) is 2.90. The number of carbonyl (C=O) groups is 1. The molecular weight excluding hydrogens is 295 g/mol. The molecule has 0 aliphatic carbocycles. The number of aliphatic carboxylic acids is 1. The normalized spacial score (nSPS) is 16.8. The third-order valence-corrected chi connectivity index (χ3v) is 4.16. The smallest absolute Gasteiger partial charge is 0.416 e. The summed E-state index contributed by atoms with van der Waals surface area (Å²) in [5.74, 6) is -0.303. The average molecular weight is 315 g/mol. The Kier molecular flexibility index (Phi) is 5.32. The standard InChI is InChI=1S/C16H20F3NO2/c17-16(18,19)13-4-2-5-14(11-13)20-9-7-12(8-10-20)3-1-6-15(21)22/h2,4-5,11-12H,1,3,6-10H2,(H,21,22). The molecule has 0 spiro atoms. The van der Waals surface area contributed by atoms with Gasteiger partial charge in [-0.05, 0) is 49.8 Å². The van der Waals surface area contributed by atoms with Crippen LogP contribution in [0.2, 0.25) is 0 Å². The highest BCUT2D eigenvalue weighted by Gasteiger charge is 2.31. The molecule has 1 aromatic carbocycles. The van der Waals surface area contributed by atoms with Crippen LogP contribution in [0.1, 0.15) is 37.7 Å². The second kappa shape index (κ2) is 7.03. The quantitative estimate of drug-likeness (QED) is 0.886. The Bertz CT molecular complexity index is 508. The van der Waals surface area contributed by atoms with Crippen molar-refractivity contribution in [2.75, 3.05) is 18.0 Å². The maximum absolute atomic E-state index is 12.7. The molecule has 0 radical (unpaired) electrons. The predicted octanol–water partition coefficient (Wildman–Crippen LogP) is 4.18. The highest BCUT2D eigenvalue weighted by Crippen LogP contribution is 2.33. The molecule has 6 heteroatoms. The van der Waals surface area contributed by atoms with Gasteiger partial charge in [0, 0.05) is 25.2 Å². The summed E-state index contributed by atoms with van der Waals surface area (Å²) in [6, 6.07) is 5.43. The van der Waals surface area contributed by atoms with Crippen LogP contribution in [0.3, 0.4) is 0 Å². The number of piperidine rings is 1. The van der Waals surface area contributed by atoms with E-state index in [9.17, 15) is 18.0 Å². The second-order valence-corrected chi connectivity index (χ2v) is 5.76. The molecule has 122 valence electrons. The summed E-state index contributed by atoms with van der Waals surface area (Å²) in [5, 5.41) is 8.63. The molecule has 1 aliphatic rings. The summed E-state index contributed by atoms with van der Waals surface area (Å²) < 4.78 is 38.2. The van der Waals surface area contributed by atoms with Gasteiger partial charge in [0.15, 0.2) is 0 Å². The Hall–Kier alpha value is -1.72. The molecule has 1 N–H and O–H groups in total. The fourth-order valence-electron chi connectivity index (χ4n) is 2.90. The first-order valence-electron chi connectivity index (χ1n) is 7.50. The van der Waals surface area contributed by atoms with Gasteiger partial charge in [0.25, 0.3) is 0 Å². The topological polar surface area (TPSA) is 40.5 Å². The van der Waals surface area contributed by atoms with Gasteiger partial charge >= 0.3 is 12.1 Å². The molecular formula is C16H20F3NO2. The van der Waals surface area contributed by atoms with Crippen molar-refractivity contribution in [2.24, 2.45) is 5.92 Å². The number of nitrogens with zero attached hydrogens (tertiary/aromatic N) is 1. The number of benzene rings is 1. The lowest BCUT2D eigenvalue weighted by atomic mass is 9.91. The van der Waals surface area contributed by atoms with Gasteiger partial charge in [0.1, 0.15) is 0 Å². The molecule has 0 unspecified atom stereocenters. The first kappa shape index (κ1) is 16.6. The van der Waals surface area contributed by atoms with Crippen LogP contribution in [0.4, 0.5) is 18.9 Å². The van der Waals surface area contributed by atoms with Crippen LogP contribution in [0.5, 0.6) is 0 Å². The van der Waals surface area contributed by atoms with Crippen LogP contribution < -0.4 is 4.90 Å². The van der Waals surface area contributed by atoms with Crippen molar-refractivity contribution in [1.82, 2.24) is 0 Å². The summed E-state index contributed by atoms with van der Waals surface area (Å²) in [4.78, 5) is 12.5. The van der Waals surface area contributed by atoms with E-state index >= 15 is 0 Å². The number of alkyl halides is 3. The fraction of sp³-hybridized carbons (Fsp3) is 0.562. The van der Waals surface area contributed by atoms with Gasteiger partial charge in [-0.15, -0.1) is 0 Å². The van der Waals surface area contributed by atoms with Gasteiger partial charge in [0.2, 0.25) is 0 Å². The molecule has 0 bridgehead atoms. The summed E-state index contributed by atoms with van der Waals surface area (Å²) in [5.41, 5.74) is -0.00704. The third kappa shape index (κ3) is 4.64. The van der Waals surface area contributed by atoms with Crippen molar-refractivity contribution in [3.05, 3.63) is 29.8 Å². The molecule has 1 fully saturated rings. The number of anilines is 1. The van der Waals surface area contributed by atoms with E-state index < -0.39 is 17.7 Å². The van der Waals surface area contributed by atoms with Crippen molar-refractivity contribution in [3.8, 4) is 0 Å². The van der Waals surface area contributed by atoms with Gasteiger partial charge in [-0.1, -0.05) is 6.07 Å². The monoisotopic (exact) mass is 315 g/mol. The van der Waals surface area contributed by atoms with E-state index in [2.05, 4.69) is 0 Å². The minimum atomic E-state index is -4.31. The number of carboxylic acids is 1. The first-order chi connectivity index (χ1) is 10.4. The number of hydrogen-bond donors (Lipinski definition) is 1. The molecule has 0 saturated carbocycles.